The summed E-state index contributed by atoms with van der Waals surface area (Å²) < 4.78 is 9.58. The summed E-state index contributed by atoms with van der Waals surface area (Å²) in [7, 11) is 0. The molecule has 0 unspecified atom stereocenters. The Morgan fingerprint density at radius 3 is 3.04 bits per heavy atom. The molecule has 9 nitrogen and oxygen atoms in total. The largest absolute Gasteiger partial charge is 0.475 e. The van der Waals surface area contributed by atoms with Crippen LogP contribution in [0, 0.1) is 0 Å². The highest BCUT2D eigenvalue weighted by Gasteiger charge is 2.27. The van der Waals surface area contributed by atoms with Gasteiger partial charge in [-0.05, 0) is 24.3 Å². The number of aromatic nitrogens is 7. The maximum atomic E-state index is 5.87. The van der Waals surface area contributed by atoms with E-state index in [1.54, 1.807) is 17.0 Å². The van der Waals surface area contributed by atoms with Crippen molar-refractivity contribution in [1.82, 2.24) is 34.6 Å². The van der Waals surface area contributed by atoms with Gasteiger partial charge in [-0.15, -0.1) is 15.3 Å². The van der Waals surface area contributed by atoms with E-state index in [2.05, 4.69) is 30.3 Å². The number of rotatable bonds is 4. The second-order valence-corrected chi connectivity index (χ2v) is 6.11. The van der Waals surface area contributed by atoms with Crippen molar-refractivity contribution in [2.45, 2.75) is 12.6 Å². The van der Waals surface area contributed by atoms with E-state index in [4.69, 9.17) is 4.74 Å². The topological polar surface area (TPSA) is 86.3 Å². The smallest absolute Gasteiger partial charge is 0.213 e. The van der Waals surface area contributed by atoms with E-state index in [0.29, 0.717) is 12.5 Å². The molecular formula is C17H16N8O. The number of hydrogen-bond acceptors (Lipinski definition) is 7. The fourth-order valence-electron chi connectivity index (χ4n) is 3.19. The predicted molar refractivity (Wildman–Crippen MR) is 92.8 cm³/mol. The minimum absolute atomic E-state index is 0.0640. The second kappa shape index (κ2) is 6.10. The number of hydrogen-bond donors (Lipinski definition) is 0. The normalized spacial score (nSPS) is 16.6. The van der Waals surface area contributed by atoms with E-state index < -0.39 is 0 Å². The van der Waals surface area contributed by atoms with Crippen molar-refractivity contribution < 1.29 is 4.74 Å². The summed E-state index contributed by atoms with van der Waals surface area (Å²) in [4.78, 5) is 6.43. The Balaban J connectivity index is 1.40. The molecule has 0 fully saturated rings. The van der Waals surface area contributed by atoms with Crippen molar-refractivity contribution in [3.63, 3.8) is 0 Å². The molecule has 130 valence electrons. The quantitative estimate of drug-likeness (QED) is 0.550. The third kappa shape index (κ3) is 2.63. The number of nitrogens with zero attached hydrogens (tertiary/aromatic N) is 8. The zero-order valence-electron chi connectivity index (χ0n) is 13.9. The number of pyridine rings is 1. The van der Waals surface area contributed by atoms with Crippen LogP contribution >= 0.6 is 0 Å². The second-order valence-electron chi connectivity index (χ2n) is 6.11. The van der Waals surface area contributed by atoms with Crippen LogP contribution in [0.5, 0.6) is 5.88 Å². The fraction of sp³-hybridized carbons (Fsp3) is 0.235. The monoisotopic (exact) mass is 348 g/mol. The standard InChI is InChI=1S/C17H16N8O/c1-2-7-18-17(3-1)26-11-14-10-23(9-13-6-8-20-25(13)14)16-5-4-15-21-19-12-24(15)22-16/h1-8,12,14H,9-11H2/t14-/m0/s1. The number of ether oxygens (including phenoxy) is 1. The van der Waals surface area contributed by atoms with Crippen LogP contribution in [0.25, 0.3) is 5.65 Å². The van der Waals surface area contributed by atoms with Gasteiger partial charge in [-0.1, -0.05) is 6.07 Å². The zero-order valence-corrected chi connectivity index (χ0v) is 13.9. The minimum Gasteiger partial charge on any atom is -0.475 e. The molecule has 0 amide bonds. The zero-order chi connectivity index (χ0) is 17.3. The molecule has 1 aliphatic rings. The van der Waals surface area contributed by atoms with Crippen LogP contribution in [0.2, 0.25) is 0 Å². The third-order valence-electron chi connectivity index (χ3n) is 4.42. The molecule has 1 aliphatic heterocycles. The Morgan fingerprint density at radius 2 is 2.12 bits per heavy atom. The molecule has 4 aromatic heterocycles. The van der Waals surface area contributed by atoms with Crippen molar-refractivity contribution in [3.05, 3.63) is 60.8 Å². The van der Waals surface area contributed by atoms with Crippen molar-refractivity contribution in [1.29, 1.82) is 0 Å². The fourth-order valence-corrected chi connectivity index (χ4v) is 3.19. The average Bonchev–Trinajstić information content (AvgIpc) is 3.35. The lowest BCUT2D eigenvalue weighted by Gasteiger charge is -2.34. The summed E-state index contributed by atoms with van der Waals surface area (Å²) >= 11 is 0. The molecule has 0 saturated carbocycles. The van der Waals surface area contributed by atoms with Crippen molar-refractivity contribution in [2.75, 3.05) is 18.1 Å². The molecule has 0 saturated heterocycles. The molecule has 0 N–H and O–H groups in total. The van der Waals surface area contributed by atoms with E-state index in [-0.39, 0.29) is 6.04 Å². The molecule has 0 spiro atoms. The first kappa shape index (κ1) is 14.8. The summed E-state index contributed by atoms with van der Waals surface area (Å²) in [5.41, 5.74) is 1.85. The van der Waals surface area contributed by atoms with Crippen molar-refractivity contribution >= 4 is 11.5 Å². The Kier molecular flexibility index (Phi) is 3.48. The van der Waals surface area contributed by atoms with Crippen LogP contribution in [0.15, 0.2) is 55.1 Å². The van der Waals surface area contributed by atoms with Gasteiger partial charge in [0.15, 0.2) is 5.65 Å². The molecule has 26 heavy (non-hydrogen) atoms. The van der Waals surface area contributed by atoms with Gasteiger partial charge in [0.05, 0.1) is 12.2 Å². The minimum atomic E-state index is 0.0640. The first-order valence-corrected chi connectivity index (χ1v) is 8.35. The highest BCUT2D eigenvalue weighted by atomic mass is 16.5. The van der Waals surface area contributed by atoms with E-state index >= 15 is 0 Å². The SMILES string of the molecule is c1ccc(OC[C@@H]2CN(c3ccc4nncn4n3)Cc3ccnn32)nc1. The molecule has 0 bridgehead atoms. The van der Waals surface area contributed by atoms with Gasteiger partial charge in [-0.3, -0.25) is 4.68 Å². The lowest BCUT2D eigenvalue weighted by atomic mass is 10.2. The van der Waals surface area contributed by atoms with Crippen LogP contribution in [0.1, 0.15) is 11.7 Å². The molecule has 1 atom stereocenters. The maximum Gasteiger partial charge on any atom is 0.213 e. The summed E-state index contributed by atoms with van der Waals surface area (Å²) in [6.07, 6.45) is 5.15. The Hall–Kier alpha value is -3.49. The van der Waals surface area contributed by atoms with Crippen LogP contribution in [-0.4, -0.2) is 47.7 Å². The van der Waals surface area contributed by atoms with Crippen molar-refractivity contribution in [3.8, 4) is 5.88 Å². The number of anilines is 1. The van der Waals surface area contributed by atoms with Crippen LogP contribution in [0.4, 0.5) is 5.82 Å². The van der Waals surface area contributed by atoms with Gasteiger partial charge in [0.2, 0.25) is 5.88 Å². The molecule has 5 rings (SSSR count). The average molecular weight is 348 g/mol. The molecule has 0 radical (unpaired) electrons. The molecular weight excluding hydrogens is 332 g/mol. The van der Waals surface area contributed by atoms with Gasteiger partial charge in [-0.2, -0.15) is 9.61 Å². The Morgan fingerprint density at radius 1 is 1.12 bits per heavy atom. The molecule has 4 aromatic rings. The molecule has 5 heterocycles. The van der Waals surface area contributed by atoms with E-state index in [9.17, 15) is 0 Å². The lowest BCUT2D eigenvalue weighted by molar-refractivity contribution is 0.221. The van der Waals surface area contributed by atoms with Crippen LogP contribution in [-0.2, 0) is 6.54 Å². The molecule has 0 aliphatic carbocycles. The maximum absolute atomic E-state index is 5.87. The van der Waals surface area contributed by atoms with Crippen LogP contribution in [0.3, 0.4) is 0 Å². The highest BCUT2D eigenvalue weighted by molar-refractivity contribution is 5.46. The number of fused-ring (bicyclic) bond motifs is 2. The lowest BCUT2D eigenvalue weighted by Crippen LogP contribution is -2.40. The molecule has 0 aromatic carbocycles. The first-order valence-electron chi connectivity index (χ1n) is 8.35. The van der Waals surface area contributed by atoms with Gasteiger partial charge >= 0.3 is 0 Å². The van der Waals surface area contributed by atoms with Crippen molar-refractivity contribution in [2.24, 2.45) is 0 Å². The molecule has 9 heteroatoms. The van der Waals surface area contributed by atoms with Gasteiger partial charge in [0, 0.05) is 25.0 Å². The Labute approximate surface area is 148 Å². The third-order valence-corrected chi connectivity index (χ3v) is 4.42. The first-order chi connectivity index (χ1) is 12.9. The Bertz CT molecular complexity index is 1030. The van der Waals surface area contributed by atoms with E-state index in [0.717, 1.165) is 30.2 Å². The van der Waals surface area contributed by atoms with Crippen LogP contribution < -0.4 is 9.64 Å². The summed E-state index contributed by atoms with van der Waals surface area (Å²) in [6.45, 7) is 1.96. The van der Waals surface area contributed by atoms with Gasteiger partial charge < -0.3 is 9.64 Å². The summed E-state index contributed by atoms with van der Waals surface area (Å²) in [6, 6.07) is 11.6. The van der Waals surface area contributed by atoms with E-state index in [1.807, 2.05) is 47.3 Å². The summed E-state index contributed by atoms with van der Waals surface area (Å²) in [5, 5.41) is 17.0. The highest BCUT2D eigenvalue weighted by Crippen LogP contribution is 2.25. The van der Waals surface area contributed by atoms with Gasteiger partial charge in [0.1, 0.15) is 24.8 Å². The van der Waals surface area contributed by atoms with Gasteiger partial charge in [0.25, 0.3) is 0 Å². The van der Waals surface area contributed by atoms with Gasteiger partial charge in [-0.25, -0.2) is 4.98 Å². The van der Waals surface area contributed by atoms with E-state index in [1.165, 1.54) is 0 Å². The predicted octanol–water partition coefficient (Wildman–Crippen LogP) is 1.36. The summed E-state index contributed by atoms with van der Waals surface area (Å²) in [5.74, 6) is 1.48.